The number of methoxy groups -OCH3 is 1. The van der Waals surface area contributed by atoms with Crippen molar-refractivity contribution in [2.24, 2.45) is 0 Å². The Hall–Kier alpha value is -2.84. The van der Waals surface area contributed by atoms with E-state index in [-0.39, 0.29) is 11.7 Å². The van der Waals surface area contributed by atoms with E-state index < -0.39 is 5.97 Å². The number of esters is 1. The molecule has 0 aliphatic heterocycles. The summed E-state index contributed by atoms with van der Waals surface area (Å²) in [5, 5.41) is 11.6. The van der Waals surface area contributed by atoms with Crippen molar-refractivity contribution in [1.29, 1.82) is 0 Å². The lowest BCUT2D eigenvalue weighted by Gasteiger charge is -2.05. The largest absolute Gasteiger partial charge is 0.465 e. The first-order chi connectivity index (χ1) is 13.5. The summed E-state index contributed by atoms with van der Waals surface area (Å²) in [6.45, 7) is 0.348. The monoisotopic (exact) mass is 417 g/mol. The summed E-state index contributed by atoms with van der Waals surface area (Å²) < 4.78 is 10.2. The van der Waals surface area contributed by atoms with Gasteiger partial charge in [0.1, 0.15) is 0 Å². The normalized spacial score (nSPS) is 10.5. The van der Waals surface area contributed by atoms with Crippen molar-refractivity contribution in [3.05, 3.63) is 64.7 Å². The lowest BCUT2D eigenvalue weighted by atomic mass is 10.1. The molecule has 1 N–H and O–H groups in total. The Morgan fingerprint density at radius 1 is 1.11 bits per heavy atom. The number of nitrogens with zero attached hydrogens (tertiary/aromatic N) is 2. The number of thioether (sulfide) groups is 1. The fourth-order valence-electron chi connectivity index (χ4n) is 2.23. The van der Waals surface area contributed by atoms with Crippen molar-refractivity contribution >= 4 is 35.2 Å². The summed E-state index contributed by atoms with van der Waals surface area (Å²) >= 11 is 7.01. The second-order valence-electron chi connectivity index (χ2n) is 5.63. The van der Waals surface area contributed by atoms with Crippen LogP contribution in [0.15, 0.2) is 58.2 Å². The van der Waals surface area contributed by atoms with Gasteiger partial charge in [-0.25, -0.2) is 4.79 Å². The van der Waals surface area contributed by atoms with Gasteiger partial charge in [0.25, 0.3) is 5.22 Å². The maximum Gasteiger partial charge on any atom is 0.337 e. The summed E-state index contributed by atoms with van der Waals surface area (Å²) in [6.07, 6.45) is 0. The number of amides is 1. The van der Waals surface area contributed by atoms with E-state index in [1.807, 2.05) is 0 Å². The van der Waals surface area contributed by atoms with E-state index in [1.54, 1.807) is 48.5 Å². The second-order valence-corrected chi connectivity index (χ2v) is 7.00. The molecule has 0 saturated carbocycles. The third kappa shape index (κ3) is 5.34. The number of carbonyl (C=O) groups excluding carboxylic acids is 2. The lowest BCUT2D eigenvalue weighted by Crippen LogP contribution is -2.24. The van der Waals surface area contributed by atoms with Crippen molar-refractivity contribution < 1.29 is 18.7 Å². The number of rotatable bonds is 7. The Bertz CT molecular complexity index is 958. The second kappa shape index (κ2) is 9.38. The van der Waals surface area contributed by atoms with Crippen molar-refractivity contribution in [2.75, 3.05) is 12.9 Å². The third-order valence-corrected chi connectivity index (χ3v) is 4.76. The van der Waals surface area contributed by atoms with E-state index >= 15 is 0 Å². The van der Waals surface area contributed by atoms with Gasteiger partial charge in [-0.1, -0.05) is 35.5 Å². The molecular weight excluding hydrogens is 402 g/mol. The Labute approximate surface area is 170 Å². The number of ether oxygens (including phenoxy) is 1. The standard InChI is InChI=1S/C19H16ClN3O4S/c1-26-18(25)14-4-2-12(3-5-14)10-21-16(24)11-28-19-23-22-17(27-19)13-6-8-15(20)9-7-13/h2-9H,10-11H2,1H3,(H,21,24). The van der Waals surface area contributed by atoms with Crippen molar-refractivity contribution in [2.45, 2.75) is 11.8 Å². The first-order valence-electron chi connectivity index (χ1n) is 8.21. The highest BCUT2D eigenvalue weighted by Crippen LogP contribution is 2.24. The number of halogens is 1. The van der Waals surface area contributed by atoms with Crippen LogP contribution in [0, 0.1) is 0 Å². The molecule has 28 heavy (non-hydrogen) atoms. The van der Waals surface area contributed by atoms with E-state index in [0.717, 1.165) is 22.9 Å². The minimum absolute atomic E-state index is 0.141. The zero-order valence-corrected chi connectivity index (χ0v) is 16.4. The fraction of sp³-hybridized carbons (Fsp3) is 0.158. The quantitative estimate of drug-likeness (QED) is 0.463. The van der Waals surface area contributed by atoms with Crippen molar-refractivity contribution in [3.8, 4) is 11.5 Å². The summed E-state index contributed by atoms with van der Waals surface area (Å²) in [6, 6.07) is 13.9. The van der Waals surface area contributed by atoms with E-state index in [4.69, 9.17) is 16.0 Å². The van der Waals surface area contributed by atoms with Crippen LogP contribution < -0.4 is 5.32 Å². The predicted molar refractivity (Wildman–Crippen MR) is 105 cm³/mol. The Morgan fingerprint density at radius 3 is 2.50 bits per heavy atom. The SMILES string of the molecule is COC(=O)c1ccc(CNC(=O)CSc2nnc(-c3ccc(Cl)cc3)o2)cc1. The molecule has 0 aliphatic carbocycles. The predicted octanol–water partition coefficient (Wildman–Crippen LogP) is 3.59. The number of benzene rings is 2. The van der Waals surface area contributed by atoms with Gasteiger partial charge in [-0.05, 0) is 42.0 Å². The maximum absolute atomic E-state index is 12.0. The van der Waals surface area contributed by atoms with E-state index in [1.165, 1.54) is 7.11 Å². The van der Waals surface area contributed by atoms with Gasteiger partial charge in [-0.2, -0.15) is 0 Å². The molecule has 0 aliphatic rings. The number of hydrogen-bond donors (Lipinski definition) is 1. The molecule has 0 bridgehead atoms. The van der Waals surface area contributed by atoms with E-state index in [0.29, 0.717) is 28.2 Å². The van der Waals surface area contributed by atoms with Gasteiger partial charge >= 0.3 is 5.97 Å². The van der Waals surface area contributed by atoms with Gasteiger partial charge in [0.15, 0.2) is 0 Å². The number of hydrogen-bond acceptors (Lipinski definition) is 7. The summed E-state index contributed by atoms with van der Waals surface area (Å²) in [5.74, 6) is -0.0641. The van der Waals surface area contributed by atoms with E-state index in [9.17, 15) is 9.59 Å². The molecule has 0 unspecified atom stereocenters. The fourth-order valence-corrected chi connectivity index (χ4v) is 2.95. The molecule has 3 rings (SSSR count). The molecule has 0 atom stereocenters. The van der Waals surface area contributed by atoms with Crippen LogP contribution in [-0.2, 0) is 16.1 Å². The minimum Gasteiger partial charge on any atom is -0.465 e. The van der Waals surface area contributed by atoms with Crippen LogP contribution in [0.1, 0.15) is 15.9 Å². The molecule has 1 aromatic heterocycles. The molecule has 7 nitrogen and oxygen atoms in total. The van der Waals surface area contributed by atoms with Crippen LogP contribution >= 0.6 is 23.4 Å². The minimum atomic E-state index is -0.399. The lowest BCUT2D eigenvalue weighted by molar-refractivity contribution is -0.118. The summed E-state index contributed by atoms with van der Waals surface area (Å²) in [4.78, 5) is 23.4. The van der Waals surface area contributed by atoms with Crippen LogP contribution in [0.3, 0.4) is 0 Å². The van der Waals surface area contributed by atoms with Gasteiger partial charge in [-0.3, -0.25) is 4.79 Å². The molecular formula is C19H16ClN3O4S. The average molecular weight is 418 g/mol. The molecule has 2 aromatic carbocycles. The smallest absolute Gasteiger partial charge is 0.337 e. The van der Waals surface area contributed by atoms with Crippen LogP contribution in [0.25, 0.3) is 11.5 Å². The third-order valence-electron chi connectivity index (χ3n) is 3.69. The molecule has 3 aromatic rings. The summed E-state index contributed by atoms with van der Waals surface area (Å²) in [7, 11) is 1.33. The first kappa shape index (κ1) is 19.9. The molecule has 0 fully saturated rings. The molecule has 9 heteroatoms. The van der Waals surface area contributed by atoms with Gasteiger partial charge in [-0.15, -0.1) is 10.2 Å². The molecule has 1 amide bonds. The van der Waals surface area contributed by atoms with E-state index in [2.05, 4.69) is 20.3 Å². The van der Waals surface area contributed by atoms with Gasteiger partial charge in [0, 0.05) is 17.1 Å². The Balaban J connectivity index is 1.47. The number of aromatic nitrogens is 2. The van der Waals surface area contributed by atoms with Crippen LogP contribution in [0.2, 0.25) is 5.02 Å². The topological polar surface area (TPSA) is 94.3 Å². The highest BCUT2D eigenvalue weighted by atomic mass is 35.5. The molecule has 0 saturated heterocycles. The van der Waals surface area contributed by atoms with Gasteiger partial charge in [0.2, 0.25) is 11.8 Å². The van der Waals surface area contributed by atoms with Crippen LogP contribution in [0.4, 0.5) is 0 Å². The molecule has 0 radical (unpaired) electrons. The maximum atomic E-state index is 12.0. The highest BCUT2D eigenvalue weighted by molar-refractivity contribution is 7.99. The molecule has 1 heterocycles. The van der Waals surface area contributed by atoms with Crippen LogP contribution in [0.5, 0.6) is 0 Å². The van der Waals surface area contributed by atoms with Gasteiger partial charge < -0.3 is 14.5 Å². The first-order valence-corrected chi connectivity index (χ1v) is 9.57. The summed E-state index contributed by atoms with van der Waals surface area (Å²) in [5.41, 5.74) is 2.08. The molecule has 144 valence electrons. The highest BCUT2D eigenvalue weighted by Gasteiger charge is 2.11. The van der Waals surface area contributed by atoms with Crippen LogP contribution in [-0.4, -0.2) is 34.9 Å². The Morgan fingerprint density at radius 2 is 1.82 bits per heavy atom. The number of carbonyl (C=O) groups is 2. The van der Waals surface area contributed by atoms with Crippen molar-refractivity contribution in [1.82, 2.24) is 15.5 Å². The van der Waals surface area contributed by atoms with Gasteiger partial charge in [0.05, 0.1) is 18.4 Å². The zero-order valence-electron chi connectivity index (χ0n) is 14.8. The molecule has 0 spiro atoms. The zero-order chi connectivity index (χ0) is 19.9. The average Bonchev–Trinajstić information content (AvgIpc) is 3.20. The Kier molecular flexibility index (Phi) is 6.67. The number of nitrogens with one attached hydrogen (secondary N) is 1. The van der Waals surface area contributed by atoms with Crippen molar-refractivity contribution in [3.63, 3.8) is 0 Å².